The van der Waals surface area contributed by atoms with Gasteiger partial charge in [-0.2, -0.15) is 20.0 Å². The lowest BCUT2D eigenvalue weighted by atomic mass is 10.0. The first-order valence-electron chi connectivity index (χ1n) is 13.6. The van der Waals surface area contributed by atoms with Gasteiger partial charge in [-0.15, -0.1) is 5.10 Å². The maximum atomic E-state index is 12.3. The molecule has 1 saturated carbocycles. The predicted molar refractivity (Wildman–Crippen MR) is 152 cm³/mol. The quantitative estimate of drug-likeness (QED) is 0.407. The highest BCUT2D eigenvalue weighted by molar-refractivity contribution is 6.36. The standard InChI is InChI=1S/C27H30ClN11O2/c1-16(41-2)26(40)38-14-20(15-38)36-5-7-37(8-6-36)22-10-17(11-29)9-21(23(22)28)33-27-34-24(32-18-3-4-18)25-31-13-19(12-30)39(25)35-27/h9-10,13,16,18,20H,3-8,14-15H2,1-2H3,(H2,32,33,34,35)/t16-/m1/s1. The number of piperazine rings is 1. The summed E-state index contributed by atoms with van der Waals surface area (Å²) in [7, 11) is 1.55. The van der Waals surface area contributed by atoms with E-state index in [1.807, 2.05) is 4.90 Å². The van der Waals surface area contributed by atoms with Gasteiger partial charge in [0, 0.05) is 58.5 Å². The molecule has 0 radical (unpaired) electrons. The zero-order chi connectivity index (χ0) is 28.7. The molecule has 14 heteroatoms. The van der Waals surface area contributed by atoms with Crippen LogP contribution in [0.4, 0.5) is 23.1 Å². The first kappa shape index (κ1) is 27.0. The second-order valence-corrected chi connectivity index (χ2v) is 11.0. The molecule has 3 fully saturated rings. The minimum atomic E-state index is -0.424. The van der Waals surface area contributed by atoms with Gasteiger partial charge in [-0.05, 0) is 31.9 Å². The molecule has 2 aromatic heterocycles. The van der Waals surface area contributed by atoms with Gasteiger partial charge < -0.3 is 25.2 Å². The Kier molecular flexibility index (Phi) is 7.26. The van der Waals surface area contributed by atoms with Gasteiger partial charge in [0.05, 0.1) is 34.2 Å². The molecule has 1 amide bonds. The fourth-order valence-electron chi connectivity index (χ4n) is 5.20. The van der Waals surface area contributed by atoms with Crippen LogP contribution in [-0.2, 0) is 9.53 Å². The normalized spacial score (nSPS) is 18.5. The molecule has 4 heterocycles. The molecule has 1 atom stereocenters. The molecular weight excluding hydrogens is 546 g/mol. The molecule has 3 aromatic rings. The van der Waals surface area contributed by atoms with Crippen molar-refractivity contribution in [3.63, 3.8) is 0 Å². The number of amides is 1. The Morgan fingerprint density at radius 3 is 2.59 bits per heavy atom. The maximum absolute atomic E-state index is 12.3. The third kappa shape index (κ3) is 5.32. The highest BCUT2D eigenvalue weighted by atomic mass is 35.5. The van der Waals surface area contributed by atoms with Crippen LogP contribution < -0.4 is 15.5 Å². The highest BCUT2D eigenvalue weighted by Gasteiger charge is 2.37. The van der Waals surface area contributed by atoms with Crippen LogP contribution in [0, 0.1) is 22.7 Å². The van der Waals surface area contributed by atoms with Gasteiger partial charge in [0.15, 0.2) is 17.2 Å². The number of benzene rings is 1. The molecule has 212 valence electrons. The average molecular weight is 576 g/mol. The Morgan fingerprint density at radius 2 is 1.93 bits per heavy atom. The molecule has 3 aliphatic rings. The number of likely N-dealkylation sites (tertiary alicyclic amines) is 1. The van der Waals surface area contributed by atoms with Crippen molar-refractivity contribution < 1.29 is 9.53 Å². The zero-order valence-electron chi connectivity index (χ0n) is 22.8. The van der Waals surface area contributed by atoms with E-state index in [1.165, 1.54) is 10.7 Å². The van der Waals surface area contributed by atoms with Crippen LogP contribution in [-0.4, -0.2) is 99.9 Å². The second kappa shape index (κ2) is 11.0. The smallest absolute Gasteiger partial charge is 0.251 e. The molecule has 1 aromatic carbocycles. The van der Waals surface area contributed by atoms with Crippen molar-refractivity contribution in [2.24, 2.45) is 0 Å². The summed E-state index contributed by atoms with van der Waals surface area (Å²) in [5, 5.41) is 30.8. The number of nitrogens with zero attached hydrogens (tertiary/aromatic N) is 9. The van der Waals surface area contributed by atoms with Crippen molar-refractivity contribution in [3.8, 4) is 12.1 Å². The number of aromatic nitrogens is 4. The van der Waals surface area contributed by atoms with Crippen molar-refractivity contribution in [2.45, 2.75) is 38.0 Å². The van der Waals surface area contributed by atoms with E-state index in [9.17, 15) is 15.3 Å². The van der Waals surface area contributed by atoms with Gasteiger partial charge in [0.2, 0.25) is 5.95 Å². The van der Waals surface area contributed by atoms with E-state index in [-0.39, 0.29) is 17.5 Å². The van der Waals surface area contributed by atoms with E-state index in [4.69, 9.17) is 16.3 Å². The van der Waals surface area contributed by atoms with Crippen LogP contribution in [0.15, 0.2) is 18.3 Å². The number of nitrogens with one attached hydrogen (secondary N) is 2. The van der Waals surface area contributed by atoms with Crippen LogP contribution in [0.3, 0.4) is 0 Å². The average Bonchev–Trinajstić information content (AvgIpc) is 3.68. The number of imidazole rings is 1. The number of methoxy groups -OCH3 is 1. The molecule has 2 saturated heterocycles. The Morgan fingerprint density at radius 1 is 1.17 bits per heavy atom. The summed E-state index contributed by atoms with van der Waals surface area (Å²) in [5.41, 5.74) is 2.46. The lowest BCUT2D eigenvalue weighted by molar-refractivity contribution is -0.148. The van der Waals surface area contributed by atoms with Gasteiger partial charge in [-0.25, -0.2) is 4.98 Å². The number of carbonyl (C=O) groups excluding carboxylic acids is 1. The summed E-state index contributed by atoms with van der Waals surface area (Å²) in [6, 6.07) is 8.45. The topological polar surface area (TPSA) is 151 Å². The summed E-state index contributed by atoms with van der Waals surface area (Å²) in [5.74, 6) is 0.788. The number of nitriles is 2. The van der Waals surface area contributed by atoms with Gasteiger partial charge in [-0.3, -0.25) is 9.69 Å². The Hall–Kier alpha value is -4.17. The van der Waals surface area contributed by atoms with Crippen LogP contribution >= 0.6 is 11.6 Å². The fourth-order valence-corrected chi connectivity index (χ4v) is 5.47. The lowest BCUT2D eigenvalue weighted by Crippen LogP contribution is -2.65. The number of rotatable bonds is 8. The molecular formula is C27H30ClN11O2. The van der Waals surface area contributed by atoms with E-state index in [0.29, 0.717) is 52.9 Å². The minimum Gasteiger partial charge on any atom is -0.372 e. The summed E-state index contributed by atoms with van der Waals surface area (Å²) in [4.78, 5) is 27.7. The monoisotopic (exact) mass is 575 g/mol. The largest absolute Gasteiger partial charge is 0.372 e. The third-order valence-corrected chi connectivity index (χ3v) is 8.27. The van der Waals surface area contributed by atoms with Gasteiger partial charge in [0.25, 0.3) is 5.91 Å². The van der Waals surface area contributed by atoms with E-state index in [1.54, 1.807) is 26.2 Å². The molecule has 2 N–H and O–H groups in total. The number of anilines is 4. The number of hydrogen-bond acceptors (Lipinski definition) is 11. The van der Waals surface area contributed by atoms with Crippen molar-refractivity contribution in [3.05, 3.63) is 34.6 Å². The number of fused-ring (bicyclic) bond motifs is 1. The Bertz CT molecular complexity index is 1560. The Balaban J connectivity index is 1.19. The van der Waals surface area contributed by atoms with E-state index in [0.717, 1.165) is 44.7 Å². The first-order valence-corrected chi connectivity index (χ1v) is 14.0. The third-order valence-electron chi connectivity index (χ3n) is 7.87. The minimum absolute atomic E-state index is 0.0259. The van der Waals surface area contributed by atoms with Crippen molar-refractivity contribution >= 4 is 46.3 Å². The zero-order valence-corrected chi connectivity index (χ0v) is 23.6. The van der Waals surface area contributed by atoms with E-state index >= 15 is 0 Å². The molecule has 1 aliphatic carbocycles. The summed E-state index contributed by atoms with van der Waals surface area (Å²) in [6.07, 6.45) is 3.13. The maximum Gasteiger partial charge on any atom is 0.251 e. The van der Waals surface area contributed by atoms with Crippen LogP contribution in [0.25, 0.3) is 5.65 Å². The molecule has 0 spiro atoms. The fraction of sp³-hybridized carbons (Fsp3) is 0.481. The molecule has 0 bridgehead atoms. The summed E-state index contributed by atoms with van der Waals surface area (Å²) >= 11 is 6.92. The number of carbonyl (C=O) groups is 1. The number of ether oxygens (including phenoxy) is 1. The SMILES string of the molecule is CO[C@H](C)C(=O)N1CC(N2CCN(c3cc(C#N)cc(Nc4nc(NC5CC5)c5ncc(C#N)n5n4)c3Cl)CC2)C1. The van der Waals surface area contributed by atoms with Crippen molar-refractivity contribution in [1.29, 1.82) is 10.5 Å². The van der Waals surface area contributed by atoms with E-state index < -0.39 is 6.10 Å². The summed E-state index contributed by atoms with van der Waals surface area (Å²) in [6.45, 7) is 6.27. The molecule has 41 heavy (non-hydrogen) atoms. The lowest BCUT2D eigenvalue weighted by Gasteiger charge is -2.49. The number of hydrogen-bond donors (Lipinski definition) is 2. The van der Waals surface area contributed by atoms with Crippen LogP contribution in [0.1, 0.15) is 31.0 Å². The molecule has 2 aliphatic heterocycles. The van der Waals surface area contributed by atoms with Gasteiger partial charge >= 0.3 is 0 Å². The van der Waals surface area contributed by atoms with Gasteiger partial charge in [0.1, 0.15) is 12.2 Å². The second-order valence-electron chi connectivity index (χ2n) is 10.6. The highest BCUT2D eigenvalue weighted by Crippen LogP contribution is 2.37. The van der Waals surface area contributed by atoms with Crippen LogP contribution in [0.2, 0.25) is 5.02 Å². The van der Waals surface area contributed by atoms with Gasteiger partial charge in [-0.1, -0.05) is 11.6 Å². The van der Waals surface area contributed by atoms with Crippen molar-refractivity contribution in [2.75, 3.05) is 61.9 Å². The number of halogens is 1. The van der Waals surface area contributed by atoms with E-state index in [2.05, 4.69) is 47.6 Å². The van der Waals surface area contributed by atoms with Crippen LogP contribution in [0.5, 0.6) is 0 Å². The molecule has 13 nitrogen and oxygen atoms in total. The first-order chi connectivity index (χ1) is 19.9. The summed E-state index contributed by atoms with van der Waals surface area (Å²) < 4.78 is 6.61. The molecule has 6 rings (SSSR count). The Labute approximate surface area is 242 Å². The van der Waals surface area contributed by atoms with Crippen molar-refractivity contribution in [1.82, 2.24) is 29.4 Å². The molecule has 0 unspecified atom stereocenters. The predicted octanol–water partition coefficient (Wildman–Crippen LogP) is 2.21.